The Morgan fingerprint density at radius 2 is 2.18 bits per heavy atom. The van der Waals surface area contributed by atoms with Crippen LogP contribution in [0.3, 0.4) is 0 Å². The Hall–Kier alpha value is -0.590. The van der Waals surface area contributed by atoms with Crippen LogP contribution in [0.25, 0.3) is 10.1 Å². The lowest BCUT2D eigenvalue weighted by Crippen LogP contribution is -2.26. The first-order chi connectivity index (χ1) is 8.25. The number of halogens is 2. The van der Waals surface area contributed by atoms with Gasteiger partial charge in [0.15, 0.2) is 5.96 Å². The van der Waals surface area contributed by atoms with Crippen LogP contribution in [0.4, 0.5) is 5.69 Å². The number of thiophene rings is 1. The zero-order valence-corrected chi connectivity index (χ0v) is 12.7. The molecule has 0 saturated heterocycles. The third-order valence-corrected chi connectivity index (χ3v) is 5.10. The molecule has 3 rings (SSSR count). The fourth-order valence-corrected chi connectivity index (χ4v) is 3.87. The van der Waals surface area contributed by atoms with Crippen LogP contribution in [-0.4, -0.2) is 19.0 Å². The summed E-state index contributed by atoms with van der Waals surface area (Å²) in [6, 6.07) is 4.17. The smallest absolute Gasteiger partial charge is 0.195 e. The number of nitrogens with zero attached hydrogens (tertiary/aromatic N) is 1. The van der Waals surface area contributed by atoms with Crippen LogP contribution >= 0.6 is 43.2 Å². The molecule has 0 fully saturated rings. The zero-order valence-electron chi connectivity index (χ0n) is 8.76. The minimum Gasteiger partial charge on any atom is -0.354 e. The Kier molecular flexibility index (Phi) is 3.10. The number of nitrogens with one attached hydrogen (secondary N) is 2. The summed E-state index contributed by atoms with van der Waals surface area (Å²) in [5.41, 5.74) is 1.06. The molecule has 1 aromatic carbocycles. The van der Waals surface area contributed by atoms with Crippen LogP contribution in [0.2, 0.25) is 0 Å². The van der Waals surface area contributed by atoms with Gasteiger partial charge in [0.2, 0.25) is 0 Å². The molecule has 2 N–H and O–H groups in total. The number of rotatable bonds is 1. The van der Waals surface area contributed by atoms with Crippen molar-refractivity contribution in [1.82, 2.24) is 5.32 Å². The van der Waals surface area contributed by atoms with Crippen molar-refractivity contribution in [3.8, 4) is 0 Å². The monoisotopic (exact) mass is 373 g/mol. The van der Waals surface area contributed by atoms with E-state index in [0.29, 0.717) is 0 Å². The van der Waals surface area contributed by atoms with Crippen molar-refractivity contribution in [2.75, 3.05) is 18.4 Å². The Labute approximate surface area is 120 Å². The number of hydrogen-bond donors (Lipinski definition) is 2. The lowest BCUT2D eigenvalue weighted by Gasteiger charge is -2.10. The lowest BCUT2D eigenvalue weighted by atomic mass is 10.2. The van der Waals surface area contributed by atoms with E-state index in [0.717, 1.165) is 33.7 Å². The third-order valence-electron chi connectivity index (χ3n) is 2.56. The first-order valence-corrected chi connectivity index (χ1v) is 7.63. The van der Waals surface area contributed by atoms with E-state index in [2.05, 4.69) is 65.0 Å². The number of benzene rings is 1. The molecule has 17 heavy (non-hydrogen) atoms. The average Bonchev–Trinajstić information content (AvgIpc) is 2.93. The standard InChI is InChI=1S/C11H9Br2N3S/c12-6-1-2-8-9(7(13)5-17-8)10(6)16-11-14-3-4-15-11/h1-2,5H,3-4H2,(H2,14,15,16). The van der Waals surface area contributed by atoms with E-state index in [1.807, 2.05) is 0 Å². The van der Waals surface area contributed by atoms with Crippen molar-refractivity contribution >= 4 is 64.9 Å². The summed E-state index contributed by atoms with van der Waals surface area (Å²) < 4.78 is 3.40. The van der Waals surface area contributed by atoms with Crippen molar-refractivity contribution in [3.05, 3.63) is 26.5 Å². The predicted molar refractivity (Wildman–Crippen MR) is 81.2 cm³/mol. The van der Waals surface area contributed by atoms with E-state index in [1.165, 1.54) is 10.1 Å². The van der Waals surface area contributed by atoms with Gasteiger partial charge in [-0.05, 0) is 44.0 Å². The number of anilines is 1. The van der Waals surface area contributed by atoms with Gasteiger partial charge in [0.05, 0.1) is 12.2 Å². The average molecular weight is 375 g/mol. The first kappa shape index (κ1) is 11.5. The van der Waals surface area contributed by atoms with E-state index in [1.54, 1.807) is 11.3 Å². The molecule has 0 radical (unpaired) electrons. The highest BCUT2D eigenvalue weighted by Crippen LogP contribution is 2.39. The molecule has 0 amide bonds. The Bertz CT molecular complexity index is 606. The summed E-state index contributed by atoms with van der Waals surface area (Å²) in [6.07, 6.45) is 0. The van der Waals surface area contributed by atoms with E-state index < -0.39 is 0 Å². The molecule has 0 unspecified atom stereocenters. The zero-order chi connectivity index (χ0) is 11.8. The number of fused-ring (bicyclic) bond motifs is 1. The van der Waals surface area contributed by atoms with Crippen LogP contribution in [0.5, 0.6) is 0 Å². The van der Waals surface area contributed by atoms with Crippen molar-refractivity contribution in [2.45, 2.75) is 0 Å². The van der Waals surface area contributed by atoms with Crippen molar-refractivity contribution in [1.29, 1.82) is 0 Å². The van der Waals surface area contributed by atoms with Crippen molar-refractivity contribution in [3.63, 3.8) is 0 Å². The fourth-order valence-electron chi connectivity index (χ4n) is 1.79. The van der Waals surface area contributed by atoms with Gasteiger partial charge >= 0.3 is 0 Å². The molecule has 1 aliphatic heterocycles. The Morgan fingerprint density at radius 3 is 2.94 bits per heavy atom. The summed E-state index contributed by atoms with van der Waals surface area (Å²) in [7, 11) is 0. The summed E-state index contributed by atoms with van der Waals surface area (Å²) in [5.74, 6) is 0.844. The number of aliphatic imine (C=N–C) groups is 1. The molecular weight excluding hydrogens is 366 g/mol. The molecule has 1 aromatic heterocycles. The van der Waals surface area contributed by atoms with E-state index >= 15 is 0 Å². The molecule has 0 saturated carbocycles. The molecule has 0 atom stereocenters. The van der Waals surface area contributed by atoms with Gasteiger partial charge in [-0.15, -0.1) is 11.3 Å². The number of hydrogen-bond acceptors (Lipinski definition) is 4. The van der Waals surface area contributed by atoms with Crippen LogP contribution in [-0.2, 0) is 0 Å². The van der Waals surface area contributed by atoms with Gasteiger partial charge in [-0.25, -0.2) is 0 Å². The maximum atomic E-state index is 4.35. The predicted octanol–water partition coefficient (Wildman–Crippen LogP) is 3.80. The van der Waals surface area contributed by atoms with Gasteiger partial charge in [-0.1, -0.05) is 0 Å². The second-order valence-electron chi connectivity index (χ2n) is 3.66. The van der Waals surface area contributed by atoms with E-state index in [-0.39, 0.29) is 0 Å². The second kappa shape index (κ2) is 4.59. The molecule has 2 aromatic rings. The maximum Gasteiger partial charge on any atom is 0.195 e. The molecule has 6 heteroatoms. The highest BCUT2D eigenvalue weighted by molar-refractivity contribution is 9.11. The normalized spacial score (nSPS) is 14.8. The van der Waals surface area contributed by atoms with E-state index in [9.17, 15) is 0 Å². The molecule has 2 heterocycles. The van der Waals surface area contributed by atoms with Gasteiger partial charge < -0.3 is 10.6 Å². The molecule has 0 bridgehead atoms. The highest BCUT2D eigenvalue weighted by atomic mass is 79.9. The molecule has 1 aliphatic rings. The van der Waals surface area contributed by atoms with Crippen molar-refractivity contribution in [2.24, 2.45) is 4.99 Å². The van der Waals surface area contributed by atoms with E-state index in [4.69, 9.17) is 0 Å². The summed E-state index contributed by atoms with van der Waals surface area (Å²) in [4.78, 5) is 4.35. The molecule has 0 spiro atoms. The van der Waals surface area contributed by atoms with Crippen LogP contribution in [0.15, 0.2) is 31.5 Å². The SMILES string of the molecule is Brc1ccc2scc(Br)c2c1NC1=NCCN1. The van der Waals surface area contributed by atoms with Gasteiger partial charge in [-0.2, -0.15) is 0 Å². The minimum absolute atomic E-state index is 0.834. The van der Waals surface area contributed by atoms with Crippen LogP contribution in [0, 0.1) is 0 Å². The van der Waals surface area contributed by atoms with Crippen molar-refractivity contribution < 1.29 is 0 Å². The van der Waals surface area contributed by atoms with Crippen LogP contribution < -0.4 is 10.6 Å². The van der Waals surface area contributed by atoms with Gasteiger partial charge in [0.1, 0.15) is 0 Å². The molecule has 3 nitrogen and oxygen atoms in total. The van der Waals surface area contributed by atoms with Gasteiger partial charge in [0, 0.05) is 31.0 Å². The second-order valence-corrected chi connectivity index (χ2v) is 6.28. The maximum absolute atomic E-state index is 4.35. The van der Waals surface area contributed by atoms with Gasteiger partial charge in [0.25, 0.3) is 0 Å². The Morgan fingerprint density at radius 1 is 1.29 bits per heavy atom. The minimum atomic E-state index is 0.834. The summed E-state index contributed by atoms with van der Waals surface area (Å²) in [6.45, 7) is 1.74. The van der Waals surface area contributed by atoms with Crippen LogP contribution in [0.1, 0.15) is 0 Å². The summed E-state index contributed by atoms with van der Waals surface area (Å²) in [5, 5.41) is 9.86. The first-order valence-electron chi connectivity index (χ1n) is 5.16. The summed E-state index contributed by atoms with van der Waals surface area (Å²) >= 11 is 8.90. The molecule has 0 aliphatic carbocycles. The highest BCUT2D eigenvalue weighted by Gasteiger charge is 2.13. The molecular formula is C11H9Br2N3S. The lowest BCUT2D eigenvalue weighted by molar-refractivity contribution is 0.959. The quantitative estimate of drug-likeness (QED) is 0.796. The van der Waals surface area contributed by atoms with Gasteiger partial charge in [-0.3, -0.25) is 4.99 Å². The topological polar surface area (TPSA) is 36.4 Å². The third kappa shape index (κ3) is 2.09. The number of guanidine groups is 1. The fraction of sp³-hybridized carbons (Fsp3) is 0.182. The Balaban J connectivity index is 2.12. The largest absolute Gasteiger partial charge is 0.354 e. The molecule has 88 valence electrons.